The van der Waals surface area contributed by atoms with Gasteiger partial charge in [0.1, 0.15) is 0 Å². The number of nitrogens with zero attached hydrogens (tertiary/aromatic N) is 3. The second-order valence-electron chi connectivity index (χ2n) is 7.57. The third-order valence-corrected chi connectivity index (χ3v) is 5.63. The molecule has 4 rings (SSSR count). The molecule has 3 aromatic rings. The molecule has 0 radical (unpaired) electrons. The Morgan fingerprint density at radius 1 is 1.00 bits per heavy atom. The van der Waals surface area contributed by atoms with Crippen LogP contribution in [-0.4, -0.2) is 34.8 Å². The van der Waals surface area contributed by atoms with Crippen LogP contribution in [0.25, 0.3) is 11.0 Å². The zero-order chi connectivity index (χ0) is 20.4. The van der Waals surface area contributed by atoms with Crippen molar-refractivity contribution in [3.63, 3.8) is 0 Å². The van der Waals surface area contributed by atoms with Crippen LogP contribution >= 0.6 is 0 Å². The van der Waals surface area contributed by atoms with Gasteiger partial charge in [-0.2, -0.15) is 0 Å². The van der Waals surface area contributed by atoms with Crippen LogP contribution < -0.4 is 21.2 Å². The smallest absolute Gasteiger partial charge is 0.328 e. The van der Waals surface area contributed by atoms with Gasteiger partial charge in [-0.3, -0.25) is 9.13 Å². The first-order valence-electron chi connectivity index (χ1n) is 10.1. The molecule has 0 spiro atoms. The Hall–Kier alpha value is -3.22. The highest BCUT2D eigenvalue weighted by molar-refractivity contribution is 5.98. The van der Waals surface area contributed by atoms with E-state index in [1.54, 1.807) is 23.2 Å². The molecule has 2 N–H and O–H groups in total. The molecule has 1 aromatic heterocycles. The molecule has 0 atom stereocenters. The van der Waals surface area contributed by atoms with Crippen molar-refractivity contribution in [2.24, 2.45) is 14.1 Å². The van der Waals surface area contributed by atoms with Gasteiger partial charge in [0.2, 0.25) is 0 Å². The zero-order valence-electron chi connectivity index (χ0n) is 16.9. The van der Waals surface area contributed by atoms with Gasteiger partial charge in [-0.1, -0.05) is 30.3 Å². The lowest BCUT2D eigenvalue weighted by Crippen LogP contribution is -2.31. The molecule has 1 aliphatic rings. The highest BCUT2D eigenvalue weighted by Crippen LogP contribution is 2.33. The minimum atomic E-state index is -0.235. The summed E-state index contributed by atoms with van der Waals surface area (Å²) < 4.78 is 3.26. The van der Waals surface area contributed by atoms with E-state index in [0.29, 0.717) is 6.54 Å². The number of nitrogens with one attached hydrogen (secondary N) is 2. The Morgan fingerprint density at radius 3 is 2.34 bits per heavy atom. The van der Waals surface area contributed by atoms with Crippen LogP contribution in [0.3, 0.4) is 0 Å². The lowest BCUT2D eigenvalue weighted by molar-refractivity contribution is 0.252. The molecule has 7 heteroatoms. The van der Waals surface area contributed by atoms with Crippen molar-refractivity contribution in [1.29, 1.82) is 0 Å². The van der Waals surface area contributed by atoms with Crippen LogP contribution in [0.2, 0.25) is 0 Å². The fourth-order valence-electron chi connectivity index (χ4n) is 3.99. The van der Waals surface area contributed by atoms with Gasteiger partial charge in [0.25, 0.3) is 0 Å². The molecule has 0 saturated carbocycles. The Labute approximate surface area is 169 Å². The van der Waals surface area contributed by atoms with E-state index in [0.717, 1.165) is 54.8 Å². The zero-order valence-corrected chi connectivity index (χ0v) is 16.9. The van der Waals surface area contributed by atoms with Crippen molar-refractivity contribution in [3.8, 4) is 0 Å². The van der Waals surface area contributed by atoms with E-state index in [9.17, 15) is 9.59 Å². The van der Waals surface area contributed by atoms with Gasteiger partial charge in [0, 0.05) is 33.7 Å². The number of imidazole rings is 1. The molecule has 1 aliphatic heterocycles. The maximum atomic E-state index is 12.5. The number of carbonyl (C=O) groups excluding carboxylic acids is 1. The van der Waals surface area contributed by atoms with E-state index in [1.807, 2.05) is 30.3 Å². The first-order valence-corrected chi connectivity index (χ1v) is 10.1. The molecule has 7 nitrogen and oxygen atoms in total. The Balaban J connectivity index is 1.56. The first kappa shape index (κ1) is 19.1. The van der Waals surface area contributed by atoms with Crippen molar-refractivity contribution in [2.45, 2.75) is 19.3 Å². The highest BCUT2D eigenvalue weighted by Gasteiger charge is 2.20. The second-order valence-corrected chi connectivity index (χ2v) is 7.57. The van der Waals surface area contributed by atoms with E-state index in [1.165, 1.54) is 5.56 Å². The van der Waals surface area contributed by atoms with Gasteiger partial charge in [-0.25, -0.2) is 9.59 Å². The summed E-state index contributed by atoms with van der Waals surface area (Å²) >= 11 is 0. The van der Waals surface area contributed by atoms with E-state index < -0.39 is 0 Å². The Morgan fingerprint density at radius 2 is 1.66 bits per heavy atom. The molecular formula is C22H27N5O2. The fraction of sp³-hybridized carbons (Fsp3) is 0.364. The van der Waals surface area contributed by atoms with Gasteiger partial charge >= 0.3 is 11.7 Å². The number of fused-ring (bicyclic) bond motifs is 1. The average Bonchev–Trinajstić information content (AvgIpc) is 3.33. The van der Waals surface area contributed by atoms with Crippen LogP contribution in [0.4, 0.5) is 16.2 Å². The van der Waals surface area contributed by atoms with Gasteiger partial charge < -0.3 is 15.5 Å². The van der Waals surface area contributed by atoms with Crippen molar-refractivity contribution in [2.75, 3.05) is 29.9 Å². The quantitative estimate of drug-likeness (QED) is 0.700. The van der Waals surface area contributed by atoms with Gasteiger partial charge in [0.05, 0.1) is 22.4 Å². The average molecular weight is 393 g/mol. The molecule has 0 unspecified atom stereocenters. The number of urea groups is 1. The maximum Gasteiger partial charge on any atom is 0.328 e. The molecule has 1 saturated heterocycles. The third kappa shape index (κ3) is 3.85. The minimum Gasteiger partial charge on any atom is -0.370 e. The number of aryl methyl sites for hydroxylation is 2. The number of aromatic nitrogens is 2. The van der Waals surface area contributed by atoms with Crippen LogP contribution in [0.5, 0.6) is 0 Å². The van der Waals surface area contributed by atoms with E-state index in [2.05, 4.69) is 27.7 Å². The van der Waals surface area contributed by atoms with Gasteiger partial charge in [-0.15, -0.1) is 0 Å². The van der Waals surface area contributed by atoms with Crippen LogP contribution in [-0.2, 0) is 20.5 Å². The summed E-state index contributed by atoms with van der Waals surface area (Å²) in [6.45, 7) is 2.47. The molecule has 152 valence electrons. The predicted molar refractivity (Wildman–Crippen MR) is 117 cm³/mol. The standard InChI is InChI=1S/C22H27N5O2/c1-25-19-14-17(24-21(28)23-11-10-16-8-4-3-5-9-16)18(27-12-6-7-13-27)15-20(19)26(2)22(25)29/h3-5,8-9,14-15H,6-7,10-13H2,1-2H3,(H2,23,24,28). The minimum absolute atomic E-state index is 0.0724. The highest BCUT2D eigenvalue weighted by atomic mass is 16.2. The predicted octanol–water partition coefficient (Wildman–Crippen LogP) is 2.84. The number of hydrogen-bond acceptors (Lipinski definition) is 3. The molecular weight excluding hydrogens is 366 g/mol. The van der Waals surface area contributed by atoms with Crippen molar-refractivity contribution in [1.82, 2.24) is 14.5 Å². The molecule has 0 bridgehead atoms. The normalized spacial score (nSPS) is 13.8. The summed E-state index contributed by atoms with van der Waals surface area (Å²) in [7, 11) is 3.53. The number of rotatable bonds is 5. The summed E-state index contributed by atoms with van der Waals surface area (Å²) in [5.74, 6) is 0. The van der Waals surface area contributed by atoms with E-state index in [4.69, 9.17) is 0 Å². The lowest BCUT2D eigenvalue weighted by Gasteiger charge is -2.22. The van der Waals surface area contributed by atoms with E-state index in [-0.39, 0.29) is 11.7 Å². The molecule has 2 amide bonds. The van der Waals surface area contributed by atoms with E-state index >= 15 is 0 Å². The van der Waals surface area contributed by atoms with Crippen molar-refractivity contribution in [3.05, 3.63) is 58.5 Å². The maximum absolute atomic E-state index is 12.5. The summed E-state index contributed by atoms with van der Waals surface area (Å²) in [5, 5.41) is 5.94. The Bertz CT molecular complexity index is 1080. The number of anilines is 2. The first-order chi connectivity index (χ1) is 14.0. The summed E-state index contributed by atoms with van der Waals surface area (Å²) in [4.78, 5) is 27.2. The molecule has 2 aromatic carbocycles. The second kappa shape index (κ2) is 8.03. The monoisotopic (exact) mass is 393 g/mol. The van der Waals surface area contributed by atoms with Crippen molar-refractivity contribution < 1.29 is 4.79 Å². The van der Waals surface area contributed by atoms with Gasteiger partial charge in [-0.05, 0) is 37.0 Å². The summed E-state index contributed by atoms with van der Waals surface area (Å²) in [5.41, 5.74) is 4.49. The number of carbonyl (C=O) groups is 1. The number of benzene rings is 2. The summed E-state index contributed by atoms with van der Waals surface area (Å²) in [6.07, 6.45) is 3.04. The molecule has 1 fully saturated rings. The number of hydrogen-bond donors (Lipinski definition) is 2. The van der Waals surface area contributed by atoms with Crippen LogP contribution in [0, 0.1) is 0 Å². The third-order valence-electron chi connectivity index (χ3n) is 5.63. The number of amides is 2. The van der Waals surface area contributed by atoms with Gasteiger partial charge in [0.15, 0.2) is 0 Å². The van der Waals surface area contributed by atoms with Crippen LogP contribution in [0.1, 0.15) is 18.4 Å². The topological polar surface area (TPSA) is 71.3 Å². The SMILES string of the molecule is Cn1c(=O)n(C)c2cc(N3CCCC3)c(NC(=O)NCCc3ccccc3)cc21. The van der Waals surface area contributed by atoms with Crippen LogP contribution in [0.15, 0.2) is 47.3 Å². The lowest BCUT2D eigenvalue weighted by atomic mass is 10.1. The largest absolute Gasteiger partial charge is 0.370 e. The molecule has 2 heterocycles. The van der Waals surface area contributed by atoms with Crippen molar-refractivity contribution >= 4 is 28.4 Å². The molecule has 0 aliphatic carbocycles. The Kier molecular flexibility index (Phi) is 5.29. The molecule has 29 heavy (non-hydrogen) atoms. The fourth-order valence-corrected chi connectivity index (χ4v) is 3.99. The summed E-state index contributed by atoms with van der Waals surface area (Å²) in [6, 6.07) is 13.8.